The van der Waals surface area contributed by atoms with Crippen molar-refractivity contribution in [1.29, 1.82) is 0 Å². The third kappa shape index (κ3) is 2.09. The Morgan fingerprint density at radius 3 is 3.00 bits per heavy atom. The SMILES string of the molecule is CCc1cc2c(NN)nc(C3(C)CCCO3)nc2s1. The molecule has 3 N–H and O–H groups in total. The number of nitrogens with zero attached hydrogens (tertiary/aromatic N) is 2. The van der Waals surface area contributed by atoms with E-state index in [2.05, 4.69) is 30.3 Å². The maximum absolute atomic E-state index is 5.82. The van der Waals surface area contributed by atoms with Crippen LogP contribution in [0.4, 0.5) is 5.82 Å². The first-order chi connectivity index (χ1) is 9.16. The number of hydrogen-bond acceptors (Lipinski definition) is 6. The van der Waals surface area contributed by atoms with Gasteiger partial charge in [-0.15, -0.1) is 11.3 Å². The quantitative estimate of drug-likeness (QED) is 0.667. The number of nitrogens with two attached hydrogens (primary N) is 1. The lowest BCUT2D eigenvalue weighted by atomic mass is 10.0. The second kappa shape index (κ2) is 4.70. The predicted molar refractivity (Wildman–Crippen MR) is 77.1 cm³/mol. The highest BCUT2D eigenvalue weighted by molar-refractivity contribution is 7.18. The van der Waals surface area contributed by atoms with E-state index in [9.17, 15) is 0 Å². The molecule has 1 atom stereocenters. The number of ether oxygens (including phenoxy) is 1. The van der Waals surface area contributed by atoms with E-state index in [1.807, 2.05) is 0 Å². The fourth-order valence-electron chi connectivity index (χ4n) is 2.45. The first-order valence-corrected chi connectivity index (χ1v) is 7.39. The van der Waals surface area contributed by atoms with Crippen molar-refractivity contribution in [2.45, 2.75) is 38.7 Å². The minimum Gasteiger partial charge on any atom is -0.367 e. The van der Waals surface area contributed by atoms with E-state index in [1.54, 1.807) is 11.3 Å². The molecule has 1 saturated heterocycles. The standard InChI is InChI=1S/C13H18N4OS/c1-3-8-7-9-10(17-14)15-12(16-11(9)19-8)13(2)5-4-6-18-13/h7H,3-6,14H2,1-2H3,(H,15,16,17). The van der Waals surface area contributed by atoms with Crippen molar-refractivity contribution >= 4 is 27.4 Å². The summed E-state index contributed by atoms with van der Waals surface area (Å²) in [6.07, 6.45) is 3.00. The van der Waals surface area contributed by atoms with Crippen LogP contribution in [0.2, 0.25) is 0 Å². The number of aryl methyl sites for hydroxylation is 1. The third-order valence-electron chi connectivity index (χ3n) is 3.62. The minimum absolute atomic E-state index is 0.379. The van der Waals surface area contributed by atoms with Gasteiger partial charge in [0.25, 0.3) is 0 Å². The van der Waals surface area contributed by atoms with Gasteiger partial charge in [0.1, 0.15) is 10.4 Å². The van der Waals surface area contributed by atoms with Crippen LogP contribution in [0, 0.1) is 0 Å². The monoisotopic (exact) mass is 278 g/mol. The molecule has 0 spiro atoms. The molecule has 19 heavy (non-hydrogen) atoms. The fraction of sp³-hybridized carbons (Fsp3) is 0.538. The molecule has 0 saturated carbocycles. The van der Waals surface area contributed by atoms with Crippen LogP contribution >= 0.6 is 11.3 Å². The Bertz CT molecular complexity index is 604. The lowest BCUT2D eigenvalue weighted by Crippen LogP contribution is -2.24. The number of nitrogen functional groups attached to an aromatic ring is 1. The number of aromatic nitrogens is 2. The van der Waals surface area contributed by atoms with Gasteiger partial charge in [-0.2, -0.15) is 0 Å². The summed E-state index contributed by atoms with van der Waals surface area (Å²) < 4.78 is 5.82. The summed E-state index contributed by atoms with van der Waals surface area (Å²) >= 11 is 1.70. The van der Waals surface area contributed by atoms with Crippen molar-refractivity contribution in [2.24, 2.45) is 5.84 Å². The number of nitrogens with one attached hydrogen (secondary N) is 1. The molecule has 6 heteroatoms. The van der Waals surface area contributed by atoms with Gasteiger partial charge in [-0.25, -0.2) is 15.8 Å². The summed E-state index contributed by atoms with van der Waals surface area (Å²) in [4.78, 5) is 11.5. The molecule has 2 aromatic rings. The van der Waals surface area contributed by atoms with E-state index in [4.69, 9.17) is 15.6 Å². The average molecular weight is 278 g/mol. The van der Waals surface area contributed by atoms with E-state index in [-0.39, 0.29) is 5.60 Å². The third-order valence-corrected chi connectivity index (χ3v) is 4.79. The largest absolute Gasteiger partial charge is 0.367 e. The number of anilines is 1. The number of thiophene rings is 1. The summed E-state index contributed by atoms with van der Waals surface area (Å²) in [6.45, 7) is 4.96. The Morgan fingerprint density at radius 1 is 1.53 bits per heavy atom. The molecule has 0 radical (unpaired) electrons. The van der Waals surface area contributed by atoms with Crippen LogP contribution in [0.1, 0.15) is 37.4 Å². The highest BCUT2D eigenvalue weighted by Gasteiger charge is 2.35. The summed E-state index contributed by atoms with van der Waals surface area (Å²) in [7, 11) is 0. The van der Waals surface area contributed by atoms with Crippen molar-refractivity contribution < 1.29 is 4.74 Å². The van der Waals surface area contributed by atoms with Crippen LogP contribution in [0.5, 0.6) is 0 Å². The van der Waals surface area contributed by atoms with Crippen LogP contribution in [0.15, 0.2) is 6.07 Å². The smallest absolute Gasteiger partial charge is 0.164 e. The van der Waals surface area contributed by atoms with Crippen LogP contribution in [-0.2, 0) is 16.8 Å². The molecule has 1 aliphatic rings. The Labute approximate surface area is 116 Å². The van der Waals surface area contributed by atoms with Crippen molar-refractivity contribution in [1.82, 2.24) is 9.97 Å². The Morgan fingerprint density at radius 2 is 2.37 bits per heavy atom. The molecule has 0 aliphatic carbocycles. The van der Waals surface area contributed by atoms with Gasteiger partial charge in [0.2, 0.25) is 0 Å². The Balaban J connectivity index is 2.16. The van der Waals surface area contributed by atoms with Gasteiger partial charge >= 0.3 is 0 Å². The number of hydrogen-bond donors (Lipinski definition) is 2. The lowest BCUT2D eigenvalue weighted by molar-refractivity contribution is 0.00976. The van der Waals surface area contributed by atoms with Gasteiger partial charge < -0.3 is 10.2 Å². The fourth-order valence-corrected chi connectivity index (χ4v) is 3.41. The normalized spacial score (nSPS) is 23.1. The van der Waals surface area contributed by atoms with E-state index in [0.717, 1.165) is 41.9 Å². The summed E-state index contributed by atoms with van der Waals surface area (Å²) in [5.41, 5.74) is 2.31. The number of rotatable bonds is 3. The van der Waals surface area contributed by atoms with Gasteiger partial charge in [-0.05, 0) is 32.3 Å². The van der Waals surface area contributed by atoms with Crippen LogP contribution in [0.3, 0.4) is 0 Å². The van der Waals surface area contributed by atoms with E-state index < -0.39 is 0 Å². The van der Waals surface area contributed by atoms with Gasteiger partial charge in [0.15, 0.2) is 11.6 Å². The van der Waals surface area contributed by atoms with E-state index in [1.165, 1.54) is 4.88 Å². The van der Waals surface area contributed by atoms with Crippen LogP contribution in [0.25, 0.3) is 10.2 Å². The highest BCUT2D eigenvalue weighted by atomic mass is 32.1. The van der Waals surface area contributed by atoms with E-state index in [0.29, 0.717) is 5.82 Å². The topological polar surface area (TPSA) is 73.1 Å². The summed E-state index contributed by atoms with van der Waals surface area (Å²) in [5, 5.41) is 0.995. The Hall–Kier alpha value is -1.24. The van der Waals surface area contributed by atoms with Crippen LogP contribution in [-0.4, -0.2) is 16.6 Å². The second-order valence-electron chi connectivity index (χ2n) is 5.01. The molecule has 3 rings (SSSR count). The van der Waals surface area contributed by atoms with Crippen molar-refractivity contribution in [3.05, 3.63) is 16.8 Å². The molecular weight excluding hydrogens is 260 g/mol. The number of fused-ring (bicyclic) bond motifs is 1. The molecule has 102 valence electrons. The van der Waals surface area contributed by atoms with Gasteiger partial charge in [-0.3, -0.25) is 0 Å². The van der Waals surface area contributed by atoms with Gasteiger partial charge in [0.05, 0.1) is 5.39 Å². The zero-order chi connectivity index (χ0) is 13.5. The first kappa shape index (κ1) is 12.8. The maximum atomic E-state index is 5.82. The van der Waals surface area contributed by atoms with Crippen molar-refractivity contribution in [3.8, 4) is 0 Å². The molecule has 0 amide bonds. The Kier molecular flexibility index (Phi) is 3.16. The van der Waals surface area contributed by atoms with Crippen molar-refractivity contribution in [2.75, 3.05) is 12.0 Å². The van der Waals surface area contributed by atoms with Crippen LogP contribution < -0.4 is 11.3 Å². The predicted octanol–water partition coefficient (Wildman–Crippen LogP) is 2.56. The zero-order valence-corrected chi connectivity index (χ0v) is 12.0. The molecule has 2 aromatic heterocycles. The van der Waals surface area contributed by atoms with Gasteiger partial charge in [-0.1, -0.05) is 6.92 Å². The summed E-state index contributed by atoms with van der Waals surface area (Å²) in [6, 6.07) is 2.11. The lowest BCUT2D eigenvalue weighted by Gasteiger charge is -2.21. The molecular formula is C13H18N4OS. The zero-order valence-electron chi connectivity index (χ0n) is 11.2. The molecule has 5 nitrogen and oxygen atoms in total. The maximum Gasteiger partial charge on any atom is 0.164 e. The molecule has 1 fully saturated rings. The molecule has 0 bridgehead atoms. The molecule has 0 aromatic carbocycles. The summed E-state index contributed by atoms with van der Waals surface area (Å²) in [5.74, 6) is 7.02. The molecule has 1 aliphatic heterocycles. The molecule has 1 unspecified atom stereocenters. The van der Waals surface area contributed by atoms with E-state index >= 15 is 0 Å². The molecule has 3 heterocycles. The highest BCUT2D eigenvalue weighted by Crippen LogP contribution is 2.37. The van der Waals surface area contributed by atoms with Gasteiger partial charge in [0, 0.05) is 11.5 Å². The second-order valence-corrected chi connectivity index (χ2v) is 6.12. The number of hydrazine groups is 1. The first-order valence-electron chi connectivity index (χ1n) is 6.58. The average Bonchev–Trinajstić information content (AvgIpc) is 3.03. The van der Waals surface area contributed by atoms with Crippen molar-refractivity contribution in [3.63, 3.8) is 0 Å². The minimum atomic E-state index is -0.379.